The van der Waals surface area contributed by atoms with Crippen molar-refractivity contribution in [1.82, 2.24) is 0 Å². The number of benzene rings is 1. The molecule has 0 saturated carbocycles. The molecule has 0 heterocycles. The predicted molar refractivity (Wildman–Crippen MR) is 65.9 cm³/mol. The lowest BCUT2D eigenvalue weighted by Gasteiger charge is -2.20. The van der Waals surface area contributed by atoms with Crippen LogP contribution in [0.5, 0.6) is 0 Å². The highest BCUT2D eigenvalue weighted by Gasteiger charge is 2.07. The highest BCUT2D eigenvalue weighted by molar-refractivity contribution is 6.30. The largest absolute Gasteiger partial charge is 0.385 e. The summed E-state index contributed by atoms with van der Waals surface area (Å²) in [6.45, 7) is 1.57. The molecule has 86 valence electrons. The van der Waals surface area contributed by atoms with Crippen LogP contribution in [0, 0.1) is 11.3 Å². The molecule has 0 aliphatic heterocycles. The Hall–Kier alpha value is -1.24. The Kier molecular flexibility index (Phi) is 5.10. The Bertz CT molecular complexity index is 387. The second-order valence-corrected chi connectivity index (χ2v) is 3.98. The number of hydrogen-bond acceptors (Lipinski definition) is 3. The van der Waals surface area contributed by atoms with Crippen LogP contribution in [0.2, 0.25) is 5.02 Å². The van der Waals surface area contributed by atoms with Crippen LogP contribution in [0.15, 0.2) is 18.2 Å². The monoisotopic (exact) mass is 238 g/mol. The van der Waals surface area contributed by atoms with E-state index in [4.69, 9.17) is 21.6 Å². The van der Waals surface area contributed by atoms with Crippen molar-refractivity contribution < 1.29 is 4.74 Å². The molecule has 0 aliphatic rings. The lowest BCUT2D eigenvalue weighted by Crippen LogP contribution is -2.20. The fourth-order valence-corrected chi connectivity index (χ4v) is 1.67. The van der Waals surface area contributed by atoms with Crippen LogP contribution in [0.3, 0.4) is 0 Å². The SMILES string of the molecule is COCCCN(C)c1ccc(Cl)cc1C#N. The molecule has 0 aromatic heterocycles. The van der Waals surface area contributed by atoms with E-state index in [-0.39, 0.29) is 0 Å². The molecule has 3 nitrogen and oxygen atoms in total. The van der Waals surface area contributed by atoms with Crippen molar-refractivity contribution in [2.45, 2.75) is 6.42 Å². The van der Waals surface area contributed by atoms with Crippen molar-refractivity contribution in [2.75, 3.05) is 32.2 Å². The summed E-state index contributed by atoms with van der Waals surface area (Å²) in [5.41, 5.74) is 1.51. The lowest BCUT2D eigenvalue weighted by atomic mass is 10.2. The number of hydrogen-bond donors (Lipinski definition) is 0. The van der Waals surface area contributed by atoms with Crippen LogP contribution in [0.1, 0.15) is 12.0 Å². The van der Waals surface area contributed by atoms with Crippen LogP contribution in [0.4, 0.5) is 5.69 Å². The van der Waals surface area contributed by atoms with Gasteiger partial charge in [0, 0.05) is 32.3 Å². The maximum atomic E-state index is 9.00. The van der Waals surface area contributed by atoms with Gasteiger partial charge in [0.1, 0.15) is 6.07 Å². The summed E-state index contributed by atoms with van der Waals surface area (Å²) in [5.74, 6) is 0. The molecular weight excluding hydrogens is 224 g/mol. The number of halogens is 1. The molecule has 0 saturated heterocycles. The summed E-state index contributed by atoms with van der Waals surface area (Å²) < 4.78 is 4.99. The highest BCUT2D eigenvalue weighted by atomic mass is 35.5. The van der Waals surface area contributed by atoms with Gasteiger partial charge in [0.15, 0.2) is 0 Å². The van der Waals surface area contributed by atoms with Gasteiger partial charge in [0.2, 0.25) is 0 Å². The summed E-state index contributed by atoms with van der Waals surface area (Å²) in [6.07, 6.45) is 0.931. The zero-order valence-electron chi connectivity index (χ0n) is 9.53. The van der Waals surface area contributed by atoms with E-state index in [2.05, 4.69) is 6.07 Å². The maximum absolute atomic E-state index is 9.00. The molecule has 0 radical (unpaired) electrons. The highest BCUT2D eigenvalue weighted by Crippen LogP contribution is 2.22. The topological polar surface area (TPSA) is 36.3 Å². The van der Waals surface area contributed by atoms with Gasteiger partial charge in [0.05, 0.1) is 11.3 Å². The minimum atomic E-state index is 0.589. The Morgan fingerprint density at radius 1 is 1.50 bits per heavy atom. The van der Waals surface area contributed by atoms with Gasteiger partial charge in [-0.3, -0.25) is 0 Å². The summed E-state index contributed by atoms with van der Waals surface area (Å²) in [4.78, 5) is 2.04. The third kappa shape index (κ3) is 3.41. The van der Waals surface area contributed by atoms with E-state index in [1.165, 1.54) is 0 Å². The number of rotatable bonds is 5. The molecule has 0 amide bonds. The van der Waals surface area contributed by atoms with Gasteiger partial charge in [-0.25, -0.2) is 0 Å². The van der Waals surface area contributed by atoms with Crippen molar-refractivity contribution in [3.8, 4) is 6.07 Å². The molecule has 1 aromatic rings. The Morgan fingerprint density at radius 3 is 2.88 bits per heavy atom. The van der Waals surface area contributed by atoms with Crippen molar-refractivity contribution in [1.29, 1.82) is 5.26 Å². The molecule has 0 spiro atoms. The van der Waals surface area contributed by atoms with Crippen LogP contribution >= 0.6 is 11.6 Å². The third-order valence-corrected chi connectivity index (χ3v) is 2.57. The fourth-order valence-electron chi connectivity index (χ4n) is 1.50. The van der Waals surface area contributed by atoms with Gasteiger partial charge < -0.3 is 9.64 Å². The number of methoxy groups -OCH3 is 1. The number of nitriles is 1. The van der Waals surface area contributed by atoms with Crippen molar-refractivity contribution in [3.63, 3.8) is 0 Å². The second-order valence-electron chi connectivity index (χ2n) is 3.54. The summed E-state index contributed by atoms with van der Waals surface area (Å²) in [7, 11) is 3.64. The maximum Gasteiger partial charge on any atom is 0.101 e. The molecule has 0 fully saturated rings. The van der Waals surface area contributed by atoms with Gasteiger partial charge in [-0.15, -0.1) is 0 Å². The molecule has 0 aliphatic carbocycles. The van der Waals surface area contributed by atoms with Gasteiger partial charge >= 0.3 is 0 Å². The summed E-state index contributed by atoms with van der Waals surface area (Å²) >= 11 is 5.84. The Morgan fingerprint density at radius 2 is 2.25 bits per heavy atom. The average Bonchev–Trinajstić information content (AvgIpc) is 2.29. The number of ether oxygens (including phenoxy) is 1. The first-order valence-electron chi connectivity index (χ1n) is 5.08. The van der Waals surface area contributed by atoms with E-state index in [0.29, 0.717) is 10.6 Å². The van der Waals surface area contributed by atoms with Gasteiger partial charge in [-0.1, -0.05) is 11.6 Å². The molecule has 0 atom stereocenters. The molecule has 1 rings (SSSR count). The first-order chi connectivity index (χ1) is 7.69. The molecule has 16 heavy (non-hydrogen) atoms. The van der Waals surface area contributed by atoms with Crippen LogP contribution in [-0.4, -0.2) is 27.3 Å². The smallest absolute Gasteiger partial charge is 0.101 e. The number of nitrogens with zero attached hydrogens (tertiary/aromatic N) is 2. The van der Waals surface area contributed by atoms with E-state index < -0.39 is 0 Å². The predicted octanol–water partition coefficient (Wildman–Crippen LogP) is 2.68. The minimum Gasteiger partial charge on any atom is -0.385 e. The van der Waals surface area contributed by atoms with Crippen molar-refractivity contribution in [2.24, 2.45) is 0 Å². The quantitative estimate of drug-likeness (QED) is 0.740. The molecular formula is C12H15ClN2O. The van der Waals surface area contributed by atoms with E-state index in [1.54, 1.807) is 19.2 Å². The molecule has 0 unspecified atom stereocenters. The summed E-state index contributed by atoms with van der Waals surface area (Å²) in [6, 6.07) is 7.50. The van der Waals surface area contributed by atoms with Gasteiger partial charge in [-0.05, 0) is 24.6 Å². The van der Waals surface area contributed by atoms with Crippen molar-refractivity contribution in [3.05, 3.63) is 28.8 Å². The van der Waals surface area contributed by atoms with E-state index in [9.17, 15) is 0 Å². The third-order valence-electron chi connectivity index (χ3n) is 2.33. The average molecular weight is 239 g/mol. The molecule has 4 heteroatoms. The normalized spacial score (nSPS) is 9.88. The minimum absolute atomic E-state index is 0.589. The first kappa shape index (κ1) is 12.8. The summed E-state index contributed by atoms with van der Waals surface area (Å²) in [5, 5.41) is 9.59. The second kappa shape index (κ2) is 6.37. The zero-order chi connectivity index (χ0) is 12.0. The first-order valence-corrected chi connectivity index (χ1v) is 5.46. The van der Waals surface area contributed by atoms with E-state index >= 15 is 0 Å². The molecule has 0 bridgehead atoms. The van der Waals surface area contributed by atoms with Crippen LogP contribution in [-0.2, 0) is 4.74 Å². The van der Waals surface area contributed by atoms with E-state index in [0.717, 1.165) is 25.3 Å². The Balaban J connectivity index is 2.75. The lowest BCUT2D eigenvalue weighted by molar-refractivity contribution is 0.196. The van der Waals surface area contributed by atoms with Crippen LogP contribution < -0.4 is 4.90 Å². The zero-order valence-corrected chi connectivity index (χ0v) is 10.3. The van der Waals surface area contributed by atoms with Crippen molar-refractivity contribution >= 4 is 17.3 Å². The Labute approximate surface area is 101 Å². The number of anilines is 1. The molecule has 1 aromatic carbocycles. The van der Waals surface area contributed by atoms with Gasteiger partial charge in [-0.2, -0.15) is 5.26 Å². The van der Waals surface area contributed by atoms with E-state index in [1.807, 2.05) is 18.0 Å². The standard InChI is InChI=1S/C12H15ClN2O/c1-15(6-3-7-16-2)12-5-4-11(13)8-10(12)9-14/h4-5,8H,3,6-7H2,1-2H3. The van der Waals surface area contributed by atoms with Gasteiger partial charge in [0.25, 0.3) is 0 Å². The van der Waals surface area contributed by atoms with Crippen LogP contribution in [0.25, 0.3) is 0 Å². The molecule has 0 N–H and O–H groups in total. The fraction of sp³-hybridized carbons (Fsp3) is 0.417.